The molecule has 8 heteroatoms. The average Bonchev–Trinajstić information content (AvgIpc) is 3.33. The number of benzene rings is 1. The maximum atomic E-state index is 12.4. The molecule has 1 fully saturated rings. The second kappa shape index (κ2) is 9.99. The van der Waals surface area contributed by atoms with Crippen molar-refractivity contribution in [2.75, 3.05) is 13.1 Å². The molecule has 1 unspecified atom stereocenters. The molecule has 1 N–H and O–H groups in total. The molecule has 8 nitrogen and oxygen atoms in total. The van der Waals surface area contributed by atoms with E-state index >= 15 is 0 Å². The first-order valence-electron chi connectivity index (χ1n) is 12.3. The van der Waals surface area contributed by atoms with Crippen molar-refractivity contribution in [2.45, 2.75) is 45.1 Å². The van der Waals surface area contributed by atoms with E-state index in [1.165, 1.54) is 0 Å². The van der Waals surface area contributed by atoms with Gasteiger partial charge in [0, 0.05) is 41.9 Å². The van der Waals surface area contributed by atoms with E-state index in [-0.39, 0.29) is 18.2 Å². The molecule has 1 aliphatic heterocycles. The fourth-order valence-electron chi connectivity index (χ4n) is 4.95. The second-order valence-electron chi connectivity index (χ2n) is 9.41. The summed E-state index contributed by atoms with van der Waals surface area (Å²) in [5.41, 5.74) is 6.45. The third-order valence-corrected chi connectivity index (χ3v) is 6.92. The zero-order valence-electron chi connectivity index (χ0n) is 20.5. The number of carbonyl (C=O) groups is 2. The molecule has 4 heterocycles. The molecule has 3 aromatic heterocycles. The Morgan fingerprint density at radius 3 is 2.50 bits per heavy atom. The number of pyridine rings is 1. The highest BCUT2D eigenvalue weighted by molar-refractivity contribution is 5.83. The van der Waals surface area contributed by atoms with Crippen molar-refractivity contribution in [3.8, 4) is 22.4 Å². The van der Waals surface area contributed by atoms with Gasteiger partial charge in [-0.05, 0) is 32.8 Å². The van der Waals surface area contributed by atoms with E-state index in [4.69, 9.17) is 4.98 Å². The van der Waals surface area contributed by atoms with Gasteiger partial charge in [-0.3, -0.25) is 14.6 Å². The van der Waals surface area contributed by atoms with E-state index in [2.05, 4.69) is 10.1 Å². The Kier molecular flexibility index (Phi) is 6.61. The monoisotopic (exact) mass is 483 g/mol. The minimum absolute atomic E-state index is 0.0387. The molecule has 1 aromatic carbocycles. The van der Waals surface area contributed by atoms with Gasteiger partial charge in [-0.25, -0.2) is 9.50 Å². The molecule has 1 amide bonds. The number of nitrogens with zero attached hydrogens (tertiary/aromatic N) is 5. The second-order valence-corrected chi connectivity index (χ2v) is 9.41. The third kappa shape index (κ3) is 4.52. The van der Waals surface area contributed by atoms with Crippen LogP contribution in [-0.4, -0.2) is 61.0 Å². The number of carbonyl (C=O) groups excluding carboxylic acids is 2. The van der Waals surface area contributed by atoms with Gasteiger partial charge in [0.15, 0.2) is 11.9 Å². The SMILES string of the molecule is Cc1c(C=O)c(C2CCN(C(=O)CC(C)O)CC2)nc2c(-c3ccc(-c4ccccc4)nc3)cnn12. The van der Waals surface area contributed by atoms with Crippen LogP contribution < -0.4 is 0 Å². The third-order valence-electron chi connectivity index (χ3n) is 6.92. The lowest BCUT2D eigenvalue weighted by atomic mass is 9.90. The molecule has 36 heavy (non-hydrogen) atoms. The number of hydrogen-bond donors (Lipinski definition) is 1. The van der Waals surface area contributed by atoms with Crippen molar-refractivity contribution >= 4 is 17.8 Å². The molecule has 1 saturated heterocycles. The van der Waals surface area contributed by atoms with Crippen molar-refractivity contribution in [2.24, 2.45) is 0 Å². The number of hydrogen-bond acceptors (Lipinski definition) is 6. The zero-order valence-corrected chi connectivity index (χ0v) is 20.5. The fourth-order valence-corrected chi connectivity index (χ4v) is 4.95. The van der Waals surface area contributed by atoms with Crippen molar-refractivity contribution in [3.63, 3.8) is 0 Å². The van der Waals surface area contributed by atoms with Crippen LogP contribution in [0.4, 0.5) is 0 Å². The van der Waals surface area contributed by atoms with E-state index in [0.29, 0.717) is 37.1 Å². The molecular formula is C28H29N5O3. The lowest BCUT2D eigenvalue weighted by Crippen LogP contribution is -2.39. The Morgan fingerprint density at radius 2 is 1.86 bits per heavy atom. The van der Waals surface area contributed by atoms with Gasteiger partial charge >= 0.3 is 0 Å². The van der Waals surface area contributed by atoms with Crippen LogP contribution in [0.25, 0.3) is 28.0 Å². The predicted octanol–water partition coefficient (Wildman–Crippen LogP) is 4.06. The fraction of sp³-hybridized carbons (Fsp3) is 0.321. The van der Waals surface area contributed by atoms with Crippen molar-refractivity contribution in [1.82, 2.24) is 24.5 Å². The summed E-state index contributed by atoms with van der Waals surface area (Å²) in [6.45, 7) is 4.67. The van der Waals surface area contributed by atoms with Crippen LogP contribution >= 0.6 is 0 Å². The molecule has 1 aliphatic rings. The summed E-state index contributed by atoms with van der Waals surface area (Å²) in [6.07, 6.45) is 5.36. The van der Waals surface area contributed by atoms with E-state index in [0.717, 1.165) is 40.1 Å². The van der Waals surface area contributed by atoms with Crippen molar-refractivity contribution in [3.05, 3.63) is 71.8 Å². The molecule has 0 radical (unpaired) electrons. The largest absolute Gasteiger partial charge is 0.393 e. The number of aliphatic hydroxyl groups is 1. The van der Waals surface area contributed by atoms with Gasteiger partial charge in [-0.15, -0.1) is 0 Å². The van der Waals surface area contributed by atoms with Crippen molar-refractivity contribution in [1.29, 1.82) is 0 Å². The van der Waals surface area contributed by atoms with Gasteiger partial charge in [0.1, 0.15) is 0 Å². The molecular weight excluding hydrogens is 454 g/mol. The number of aryl methyl sites for hydroxylation is 1. The van der Waals surface area contributed by atoms with Crippen LogP contribution in [0.5, 0.6) is 0 Å². The molecule has 1 atom stereocenters. The molecule has 4 aromatic rings. The number of aldehydes is 1. The number of aromatic nitrogens is 4. The number of aliphatic hydroxyl groups excluding tert-OH is 1. The van der Waals surface area contributed by atoms with Gasteiger partial charge in [-0.2, -0.15) is 5.10 Å². The van der Waals surface area contributed by atoms with Gasteiger partial charge < -0.3 is 10.0 Å². The van der Waals surface area contributed by atoms with Crippen LogP contribution in [0.2, 0.25) is 0 Å². The highest BCUT2D eigenvalue weighted by Gasteiger charge is 2.28. The maximum Gasteiger partial charge on any atom is 0.225 e. The molecule has 184 valence electrons. The summed E-state index contributed by atoms with van der Waals surface area (Å²) in [6, 6.07) is 14.0. The summed E-state index contributed by atoms with van der Waals surface area (Å²) in [7, 11) is 0. The summed E-state index contributed by atoms with van der Waals surface area (Å²) in [4.78, 5) is 35.9. The molecule has 0 saturated carbocycles. The van der Waals surface area contributed by atoms with E-state index in [1.807, 2.05) is 55.6 Å². The first kappa shape index (κ1) is 23.8. The van der Waals surface area contributed by atoms with Gasteiger partial charge in [-0.1, -0.05) is 36.4 Å². The lowest BCUT2D eigenvalue weighted by molar-refractivity contribution is -0.134. The topological polar surface area (TPSA) is 101 Å². The molecule has 0 spiro atoms. The Hall–Kier alpha value is -3.91. The average molecular weight is 484 g/mol. The highest BCUT2D eigenvalue weighted by Crippen LogP contribution is 2.33. The minimum Gasteiger partial charge on any atom is -0.393 e. The number of amides is 1. The van der Waals surface area contributed by atoms with Gasteiger partial charge in [0.25, 0.3) is 0 Å². The van der Waals surface area contributed by atoms with Crippen molar-refractivity contribution < 1.29 is 14.7 Å². The Bertz CT molecular complexity index is 1390. The van der Waals surface area contributed by atoms with Crippen LogP contribution in [0.3, 0.4) is 0 Å². The Balaban J connectivity index is 1.46. The number of rotatable bonds is 6. The maximum absolute atomic E-state index is 12.4. The van der Waals surface area contributed by atoms with Gasteiger partial charge in [0.2, 0.25) is 5.91 Å². The number of piperidine rings is 1. The van der Waals surface area contributed by atoms with E-state index in [9.17, 15) is 14.7 Å². The van der Waals surface area contributed by atoms with Gasteiger partial charge in [0.05, 0.1) is 41.4 Å². The first-order chi connectivity index (χ1) is 17.5. The normalized spacial score (nSPS) is 15.2. The minimum atomic E-state index is -0.653. The summed E-state index contributed by atoms with van der Waals surface area (Å²) in [5.74, 6) is 0.0222. The Morgan fingerprint density at radius 1 is 1.11 bits per heavy atom. The molecule has 0 aliphatic carbocycles. The Labute approximate surface area is 209 Å². The molecule has 0 bridgehead atoms. The zero-order chi connectivity index (χ0) is 25.2. The van der Waals surface area contributed by atoms with Crippen LogP contribution in [0.1, 0.15) is 53.8 Å². The highest BCUT2D eigenvalue weighted by atomic mass is 16.3. The predicted molar refractivity (Wildman–Crippen MR) is 137 cm³/mol. The lowest BCUT2D eigenvalue weighted by Gasteiger charge is -2.32. The quantitative estimate of drug-likeness (QED) is 0.415. The van der Waals surface area contributed by atoms with E-state index < -0.39 is 6.10 Å². The summed E-state index contributed by atoms with van der Waals surface area (Å²) >= 11 is 0. The van der Waals surface area contributed by atoms with Crippen LogP contribution in [0, 0.1) is 6.92 Å². The van der Waals surface area contributed by atoms with Crippen LogP contribution in [-0.2, 0) is 4.79 Å². The van der Waals surface area contributed by atoms with E-state index in [1.54, 1.807) is 22.5 Å². The number of fused-ring (bicyclic) bond motifs is 1. The number of likely N-dealkylation sites (tertiary alicyclic amines) is 1. The standard InChI is InChI=1S/C28H29N5O3/c1-18(35)14-26(36)32-12-10-21(11-13-32)27-24(17-34)19(2)33-28(31-27)23(16-30-33)22-8-9-25(29-15-22)20-6-4-3-5-7-20/h3-9,15-18,21,35H,10-14H2,1-2H3. The smallest absolute Gasteiger partial charge is 0.225 e. The molecule has 5 rings (SSSR count). The van der Waals surface area contributed by atoms with Crippen LogP contribution in [0.15, 0.2) is 54.9 Å². The summed E-state index contributed by atoms with van der Waals surface area (Å²) < 4.78 is 1.72. The summed E-state index contributed by atoms with van der Waals surface area (Å²) in [5, 5.41) is 14.1. The first-order valence-corrected chi connectivity index (χ1v) is 12.3.